The lowest BCUT2D eigenvalue weighted by molar-refractivity contribution is -0.383. The van der Waals surface area contributed by atoms with E-state index in [2.05, 4.69) is 5.32 Å². The number of ether oxygens (including phenoxy) is 1. The Kier molecular flexibility index (Phi) is 4.90. The van der Waals surface area contributed by atoms with E-state index in [4.69, 9.17) is 33.0 Å². The molecule has 2 aromatic carbocycles. The maximum absolute atomic E-state index is 13.8. The number of amides is 1. The molecule has 1 aliphatic heterocycles. The van der Waals surface area contributed by atoms with E-state index in [9.17, 15) is 24.1 Å². The number of carbonyl (C=O) groups is 2. The van der Waals surface area contributed by atoms with Crippen LogP contribution in [0.2, 0.25) is 10.0 Å². The zero-order chi connectivity index (χ0) is 19.9. The monoisotopic (exact) mass is 414 g/mol. The van der Waals surface area contributed by atoms with Crippen molar-refractivity contribution in [3.8, 4) is 5.75 Å². The van der Waals surface area contributed by atoms with Gasteiger partial charge in [-0.1, -0.05) is 35.3 Å². The van der Waals surface area contributed by atoms with Gasteiger partial charge in [-0.15, -0.1) is 0 Å². The quantitative estimate of drug-likeness (QED) is 0.581. The first-order chi connectivity index (χ1) is 12.7. The molecule has 1 unspecified atom stereocenters. The molecular formula is C16H9Cl2FN2O6. The normalized spacial score (nSPS) is 15.0. The molecule has 0 spiro atoms. The summed E-state index contributed by atoms with van der Waals surface area (Å²) in [4.78, 5) is 34.2. The van der Waals surface area contributed by atoms with Crippen molar-refractivity contribution >= 4 is 46.5 Å². The standard InChI is InChI=1S/C16H9Cl2FN2O6/c17-10-11(18)14-7(5-9(27-14)16(23)24)12(13(10)21(25)26)20-15(22)6-3-1-2-4-8(6)19/h1-4,9H,5H2,(H,20,22)(H,23,24). The van der Waals surface area contributed by atoms with Crippen LogP contribution < -0.4 is 10.1 Å². The third-order valence-corrected chi connectivity index (χ3v) is 4.70. The number of hydrogen-bond acceptors (Lipinski definition) is 5. The smallest absolute Gasteiger partial charge is 0.345 e. The van der Waals surface area contributed by atoms with Crippen molar-refractivity contribution in [1.29, 1.82) is 0 Å². The zero-order valence-corrected chi connectivity index (χ0v) is 14.7. The van der Waals surface area contributed by atoms with Gasteiger partial charge < -0.3 is 15.2 Å². The van der Waals surface area contributed by atoms with Crippen LogP contribution in [0.1, 0.15) is 15.9 Å². The lowest BCUT2D eigenvalue weighted by Crippen LogP contribution is -2.24. The fourth-order valence-electron chi connectivity index (χ4n) is 2.66. The van der Waals surface area contributed by atoms with E-state index in [0.717, 1.165) is 6.07 Å². The average Bonchev–Trinajstić information content (AvgIpc) is 3.05. The van der Waals surface area contributed by atoms with Gasteiger partial charge in [0.25, 0.3) is 5.91 Å². The highest BCUT2D eigenvalue weighted by Crippen LogP contribution is 2.51. The van der Waals surface area contributed by atoms with Gasteiger partial charge in [0.2, 0.25) is 0 Å². The van der Waals surface area contributed by atoms with Crippen LogP contribution in [-0.2, 0) is 11.2 Å². The number of fused-ring (bicyclic) bond motifs is 1. The van der Waals surface area contributed by atoms with E-state index in [1.807, 2.05) is 0 Å². The number of nitro groups is 1. The minimum absolute atomic E-state index is 0.00631. The summed E-state index contributed by atoms with van der Waals surface area (Å²) in [7, 11) is 0. The van der Waals surface area contributed by atoms with Gasteiger partial charge >= 0.3 is 11.7 Å². The molecule has 11 heteroatoms. The van der Waals surface area contributed by atoms with E-state index >= 15 is 0 Å². The lowest BCUT2D eigenvalue weighted by atomic mass is 10.0. The van der Waals surface area contributed by atoms with Crippen molar-refractivity contribution < 1.29 is 28.7 Å². The number of hydrogen-bond donors (Lipinski definition) is 2. The molecule has 2 N–H and O–H groups in total. The van der Waals surface area contributed by atoms with E-state index in [1.165, 1.54) is 18.2 Å². The number of carboxylic acid groups (broad SMARTS) is 1. The van der Waals surface area contributed by atoms with E-state index in [-0.39, 0.29) is 34.0 Å². The number of carbonyl (C=O) groups excluding carboxylic acids is 1. The van der Waals surface area contributed by atoms with Gasteiger partial charge in [0, 0.05) is 12.0 Å². The van der Waals surface area contributed by atoms with Crippen LogP contribution in [0.5, 0.6) is 5.75 Å². The summed E-state index contributed by atoms with van der Waals surface area (Å²) >= 11 is 11.9. The van der Waals surface area contributed by atoms with Crippen LogP contribution in [0.3, 0.4) is 0 Å². The summed E-state index contributed by atoms with van der Waals surface area (Å²) in [6.45, 7) is 0. The summed E-state index contributed by atoms with van der Waals surface area (Å²) in [5, 5.41) is 22.0. The number of aliphatic carboxylic acids is 1. The Hall–Kier alpha value is -2.91. The third kappa shape index (κ3) is 3.26. The molecule has 0 fully saturated rings. The predicted octanol–water partition coefficient (Wildman–Crippen LogP) is 3.68. The SMILES string of the molecule is O=C(Nc1c2c(c(Cl)c(Cl)c1[N+](=O)[O-])OC(C(=O)O)C2)c1ccccc1F. The van der Waals surface area contributed by atoms with Crippen LogP contribution in [0.25, 0.3) is 0 Å². The Balaban J connectivity index is 2.15. The molecule has 1 heterocycles. The Labute approximate surface area is 160 Å². The van der Waals surface area contributed by atoms with Crippen LogP contribution >= 0.6 is 23.2 Å². The van der Waals surface area contributed by atoms with Crippen molar-refractivity contribution in [3.05, 3.63) is 61.4 Å². The Morgan fingerprint density at radius 2 is 1.96 bits per heavy atom. The van der Waals surface area contributed by atoms with Gasteiger partial charge in [-0.3, -0.25) is 14.9 Å². The summed E-state index contributed by atoms with van der Waals surface area (Å²) in [5.41, 5.74) is -1.49. The molecule has 1 atom stereocenters. The first kappa shape index (κ1) is 18.9. The Morgan fingerprint density at radius 1 is 1.30 bits per heavy atom. The lowest BCUT2D eigenvalue weighted by Gasteiger charge is -2.13. The van der Waals surface area contributed by atoms with Gasteiger partial charge in [-0.2, -0.15) is 0 Å². The maximum Gasteiger partial charge on any atom is 0.345 e. The fourth-order valence-corrected chi connectivity index (χ4v) is 3.16. The van der Waals surface area contributed by atoms with Crippen LogP contribution in [0.15, 0.2) is 24.3 Å². The Bertz CT molecular complexity index is 997. The number of rotatable bonds is 4. The number of nitrogens with one attached hydrogen (secondary N) is 1. The number of carboxylic acids is 1. The average molecular weight is 415 g/mol. The highest BCUT2D eigenvalue weighted by molar-refractivity contribution is 6.45. The van der Waals surface area contributed by atoms with E-state index < -0.39 is 39.4 Å². The highest BCUT2D eigenvalue weighted by Gasteiger charge is 2.39. The molecule has 27 heavy (non-hydrogen) atoms. The third-order valence-electron chi connectivity index (χ3n) is 3.88. The highest BCUT2D eigenvalue weighted by atomic mass is 35.5. The second kappa shape index (κ2) is 7.01. The molecule has 1 aliphatic rings. The van der Waals surface area contributed by atoms with Gasteiger partial charge in [0.15, 0.2) is 6.10 Å². The molecule has 0 bridgehead atoms. The van der Waals surface area contributed by atoms with E-state index in [0.29, 0.717) is 0 Å². The molecule has 140 valence electrons. The minimum Gasteiger partial charge on any atom is -0.478 e. The second-order valence-electron chi connectivity index (χ2n) is 5.50. The number of halogens is 3. The number of anilines is 1. The Morgan fingerprint density at radius 3 is 2.56 bits per heavy atom. The van der Waals surface area contributed by atoms with Crippen molar-refractivity contribution in [3.63, 3.8) is 0 Å². The van der Waals surface area contributed by atoms with Crippen molar-refractivity contribution in [2.45, 2.75) is 12.5 Å². The predicted molar refractivity (Wildman–Crippen MR) is 93.2 cm³/mol. The summed E-state index contributed by atoms with van der Waals surface area (Å²) < 4.78 is 19.0. The first-order valence-electron chi connectivity index (χ1n) is 7.36. The maximum atomic E-state index is 13.8. The summed E-state index contributed by atoms with van der Waals surface area (Å²) in [6, 6.07) is 5.02. The van der Waals surface area contributed by atoms with Gasteiger partial charge in [-0.05, 0) is 12.1 Å². The fraction of sp³-hybridized carbons (Fsp3) is 0.125. The largest absolute Gasteiger partial charge is 0.478 e. The summed E-state index contributed by atoms with van der Waals surface area (Å²) in [5.74, 6) is -3.32. The van der Waals surface area contributed by atoms with Crippen LogP contribution in [0, 0.1) is 15.9 Å². The van der Waals surface area contributed by atoms with Crippen LogP contribution in [0.4, 0.5) is 15.8 Å². The molecule has 0 aromatic heterocycles. The molecule has 0 aliphatic carbocycles. The zero-order valence-electron chi connectivity index (χ0n) is 13.2. The van der Waals surface area contributed by atoms with Gasteiger partial charge in [-0.25, -0.2) is 9.18 Å². The van der Waals surface area contributed by atoms with Crippen molar-refractivity contribution in [2.75, 3.05) is 5.32 Å². The topological polar surface area (TPSA) is 119 Å². The summed E-state index contributed by atoms with van der Waals surface area (Å²) in [6.07, 6.45) is -1.66. The number of nitro benzene ring substituents is 1. The van der Waals surface area contributed by atoms with E-state index in [1.54, 1.807) is 0 Å². The molecule has 3 rings (SSSR count). The number of nitrogens with zero attached hydrogens (tertiary/aromatic N) is 1. The number of benzene rings is 2. The molecule has 0 saturated heterocycles. The molecule has 2 aromatic rings. The molecular weight excluding hydrogens is 406 g/mol. The van der Waals surface area contributed by atoms with Crippen molar-refractivity contribution in [2.24, 2.45) is 0 Å². The molecule has 0 radical (unpaired) electrons. The van der Waals surface area contributed by atoms with Crippen molar-refractivity contribution in [1.82, 2.24) is 0 Å². The van der Waals surface area contributed by atoms with Gasteiger partial charge in [0.05, 0.1) is 10.5 Å². The molecule has 1 amide bonds. The second-order valence-corrected chi connectivity index (χ2v) is 6.26. The first-order valence-corrected chi connectivity index (χ1v) is 8.11. The minimum atomic E-state index is -1.36. The molecule has 8 nitrogen and oxygen atoms in total. The van der Waals surface area contributed by atoms with Crippen LogP contribution in [-0.4, -0.2) is 28.0 Å². The van der Waals surface area contributed by atoms with Gasteiger partial charge in [0.1, 0.15) is 27.3 Å². The molecule has 0 saturated carbocycles.